The number of halogens is 2. The Hall–Kier alpha value is -1.91. The van der Waals surface area contributed by atoms with Gasteiger partial charge in [-0.05, 0) is 30.3 Å². The molecule has 1 heterocycles. The highest BCUT2D eigenvalue weighted by Gasteiger charge is 2.11. The summed E-state index contributed by atoms with van der Waals surface area (Å²) >= 11 is 11.7. The summed E-state index contributed by atoms with van der Waals surface area (Å²) in [5.74, 6) is -0.0921. The molecule has 0 saturated carbocycles. The molecule has 0 saturated heterocycles. The fourth-order valence-corrected chi connectivity index (χ4v) is 1.78. The largest absolute Gasteiger partial charge is 0.307 e. The molecular formula is C13H8Cl2N2O2. The van der Waals surface area contributed by atoms with Gasteiger partial charge in [0, 0.05) is 16.8 Å². The molecule has 0 radical (unpaired) electrons. The zero-order valence-electron chi connectivity index (χ0n) is 9.56. The zero-order valence-corrected chi connectivity index (χ0v) is 11.1. The van der Waals surface area contributed by atoms with Crippen molar-refractivity contribution in [2.75, 3.05) is 5.32 Å². The van der Waals surface area contributed by atoms with Gasteiger partial charge >= 0.3 is 0 Å². The molecule has 4 nitrogen and oxygen atoms in total. The first-order valence-electron chi connectivity index (χ1n) is 5.28. The van der Waals surface area contributed by atoms with Crippen LogP contribution in [0.5, 0.6) is 0 Å². The Bertz CT molecular complexity index is 627. The molecule has 6 heteroatoms. The van der Waals surface area contributed by atoms with E-state index in [1.807, 2.05) is 0 Å². The van der Waals surface area contributed by atoms with Crippen molar-refractivity contribution < 1.29 is 9.59 Å². The minimum atomic E-state index is -0.418. The lowest BCUT2D eigenvalue weighted by Gasteiger charge is -2.06. The van der Waals surface area contributed by atoms with Gasteiger partial charge < -0.3 is 5.32 Å². The molecule has 0 spiro atoms. The van der Waals surface area contributed by atoms with Crippen molar-refractivity contribution >= 4 is 41.2 Å². The van der Waals surface area contributed by atoms with Crippen molar-refractivity contribution in [3.05, 3.63) is 57.7 Å². The first-order valence-corrected chi connectivity index (χ1v) is 6.03. The van der Waals surface area contributed by atoms with Crippen molar-refractivity contribution in [2.24, 2.45) is 0 Å². The Labute approximate surface area is 119 Å². The maximum absolute atomic E-state index is 12.0. The van der Waals surface area contributed by atoms with Crippen LogP contribution >= 0.6 is 23.2 Å². The molecule has 0 atom stereocenters. The Kier molecular flexibility index (Phi) is 4.14. The minimum absolute atomic E-state index is 0.260. The van der Waals surface area contributed by atoms with Crippen LogP contribution in [-0.2, 0) is 0 Å². The van der Waals surface area contributed by atoms with E-state index in [2.05, 4.69) is 10.3 Å². The SMILES string of the molecule is O=Cc1ccc(NC(=O)c2cc(Cl)ccc2Cl)nc1. The van der Waals surface area contributed by atoms with Gasteiger partial charge in [-0.2, -0.15) is 0 Å². The third kappa shape index (κ3) is 3.30. The van der Waals surface area contributed by atoms with Crippen molar-refractivity contribution in [3.8, 4) is 0 Å². The molecule has 19 heavy (non-hydrogen) atoms. The van der Waals surface area contributed by atoms with Crippen LogP contribution in [-0.4, -0.2) is 17.2 Å². The lowest BCUT2D eigenvalue weighted by molar-refractivity contribution is 0.102. The van der Waals surface area contributed by atoms with Crippen molar-refractivity contribution in [1.29, 1.82) is 0 Å². The van der Waals surface area contributed by atoms with Gasteiger partial charge in [0.25, 0.3) is 5.91 Å². The predicted molar refractivity (Wildman–Crippen MR) is 74.0 cm³/mol. The molecule has 2 aromatic rings. The molecule has 1 amide bonds. The van der Waals surface area contributed by atoms with Gasteiger partial charge in [0.15, 0.2) is 6.29 Å². The fraction of sp³-hybridized carbons (Fsp3) is 0. The number of benzene rings is 1. The Morgan fingerprint density at radius 2 is 2.00 bits per heavy atom. The van der Waals surface area contributed by atoms with Gasteiger partial charge in [-0.25, -0.2) is 4.98 Å². The summed E-state index contributed by atoms with van der Waals surface area (Å²) in [6.07, 6.45) is 2.04. The summed E-state index contributed by atoms with van der Waals surface area (Å²) in [6.45, 7) is 0. The molecule has 0 unspecified atom stereocenters. The topological polar surface area (TPSA) is 59.1 Å². The van der Waals surface area contributed by atoms with Gasteiger partial charge in [0.1, 0.15) is 5.82 Å². The second kappa shape index (κ2) is 5.82. The number of anilines is 1. The van der Waals surface area contributed by atoms with Crippen LogP contribution in [0.25, 0.3) is 0 Å². The third-order valence-electron chi connectivity index (χ3n) is 2.34. The normalized spacial score (nSPS) is 10.0. The fourth-order valence-electron chi connectivity index (χ4n) is 1.40. The minimum Gasteiger partial charge on any atom is -0.307 e. The predicted octanol–water partition coefficient (Wildman–Crippen LogP) is 3.45. The highest BCUT2D eigenvalue weighted by Crippen LogP contribution is 2.21. The smallest absolute Gasteiger partial charge is 0.258 e. The molecule has 0 aliphatic rings. The quantitative estimate of drug-likeness (QED) is 0.882. The highest BCUT2D eigenvalue weighted by molar-refractivity contribution is 6.36. The molecule has 1 aromatic carbocycles. The van der Waals surface area contributed by atoms with Crippen LogP contribution in [0, 0.1) is 0 Å². The van der Waals surface area contributed by atoms with Crippen LogP contribution in [0.4, 0.5) is 5.82 Å². The highest BCUT2D eigenvalue weighted by atomic mass is 35.5. The number of carbonyl (C=O) groups excluding carboxylic acids is 2. The van der Waals surface area contributed by atoms with Crippen molar-refractivity contribution in [3.63, 3.8) is 0 Å². The number of pyridine rings is 1. The Balaban J connectivity index is 2.20. The summed E-state index contributed by atoms with van der Waals surface area (Å²) in [5.41, 5.74) is 0.689. The molecule has 1 aromatic heterocycles. The van der Waals surface area contributed by atoms with E-state index in [1.165, 1.54) is 18.3 Å². The van der Waals surface area contributed by atoms with E-state index in [1.54, 1.807) is 18.2 Å². The van der Waals surface area contributed by atoms with Crippen molar-refractivity contribution in [2.45, 2.75) is 0 Å². The Morgan fingerprint density at radius 1 is 1.21 bits per heavy atom. The number of hydrogen-bond acceptors (Lipinski definition) is 3. The van der Waals surface area contributed by atoms with E-state index in [4.69, 9.17) is 23.2 Å². The molecule has 0 aliphatic carbocycles. The molecule has 0 aliphatic heterocycles. The molecule has 2 rings (SSSR count). The number of aldehydes is 1. The standard InChI is InChI=1S/C13H8Cl2N2O2/c14-9-2-3-11(15)10(5-9)13(19)17-12-4-1-8(7-18)6-16-12/h1-7H,(H,16,17,19). The molecule has 96 valence electrons. The van der Waals surface area contributed by atoms with E-state index >= 15 is 0 Å². The van der Waals surface area contributed by atoms with Crippen molar-refractivity contribution in [1.82, 2.24) is 4.98 Å². The maximum atomic E-state index is 12.0. The first kappa shape index (κ1) is 13.5. The van der Waals surface area contributed by atoms with E-state index in [9.17, 15) is 9.59 Å². The lowest BCUT2D eigenvalue weighted by atomic mass is 10.2. The number of nitrogens with zero attached hydrogens (tertiary/aromatic N) is 1. The molecule has 1 N–H and O–H groups in total. The number of carbonyl (C=O) groups is 2. The third-order valence-corrected chi connectivity index (χ3v) is 2.90. The number of amides is 1. The number of hydrogen-bond donors (Lipinski definition) is 1. The van der Waals surface area contributed by atoms with Gasteiger partial charge in [-0.15, -0.1) is 0 Å². The Morgan fingerprint density at radius 3 is 2.63 bits per heavy atom. The second-order valence-corrected chi connectivity index (χ2v) is 4.52. The van der Waals surface area contributed by atoms with E-state index < -0.39 is 5.91 Å². The number of aromatic nitrogens is 1. The van der Waals surface area contributed by atoms with Gasteiger partial charge in [-0.3, -0.25) is 9.59 Å². The summed E-state index contributed by atoms with van der Waals surface area (Å²) in [5, 5.41) is 3.28. The monoisotopic (exact) mass is 294 g/mol. The van der Waals surface area contributed by atoms with Crippen LogP contribution in [0.1, 0.15) is 20.7 Å². The van der Waals surface area contributed by atoms with Crippen LogP contribution < -0.4 is 5.32 Å². The lowest BCUT2D eigenvalue weighted by Crippen LogP contribution is -2.13. The van der Waals surface area contributed by atoms with Crippen LogP contribution in [0.15, 0.2) is 36.5 Å². The number of rotatable bonds is 3. The second-order valence-electron chi connectivity index (χ2n) is 3.67. The number of nitrogens with one attached hydrogen (secondary N) is 1. The molecule has 0 fully saturated rings. The summed E-state index contributed by atoms with van der Waals surface area (Å²) < 4.78 is 0. The maximum Gasteiger partial charge on any atom is 0.258 e. The summed E-state index contributed by atoms with van der Waals surface area (Å²) in [4.78, 5) is 26.4. The van der Waals surface area contributed by atoms with E-state index in [0.717, 1.165) is 0 Å². The average molecular weight is 295 g/mol. The van der Waals surface area contributed by atoms with Gasteiger partial charge in [0.05, 0.1) is 10.6 Å². The van der Waals surface area contributed by atoms with E-state index in [-0.39, 0.29) is 5.56 Å². The van der Waals surface area contributed by atoms with Gasteiger partial charge in [-0.1, -0.05) is 23.2 Å². The van der Waals surface area contributed by atoms with Gasteiger partial charge in [0.2, 0.25) is 0 Å². The van der Waals surface area contributed by atoms with E-state index in [0.29, 0.717) is 27.7 Å². The summed E-state index contributed by atoms with van der Waals surface area (Å²) in [7, 11) is 0. The molecule has 0 bridgehead atoms. The molecular weight excluding hydrogens is 287 g/mol. The summed E-state index contributed by atoms with van der Waals surface area (Å²) in [6, 6.07) is 7.69. The van der Waals surface area contributed by atoms with Crippen LogP contribution in [0.2, 0.25) is 10.0 Å². The van der Waals surface area contributed by atoms with Crippen LogP contribution in [0.3, 0.4) is 0 Å². The zero-order chi connectivity index (χ0) is 13.8. The average Bonchev–Trinajstić information content (AvgIpc) is 2.42. The first-order chi connectivity index (χ1) is 9.10.